The Labute approximate surface area is 208 Å². The van der Waals surface area contributed by atoms with Crippen LogP contribution in [-0.4, -0.2) is 68.8 Å². The topological polar surface area (TPSA) is 73.8 Å². The molecule has 33 heavy (non-hydrogen) atoms. The second kappa shape index (κ2) is 11.1. The molecule has 0 saturated carbocycles. The number of carbonyl (C=O) groups is 1. The van der Waals surface area contributed by atoms with Crippen molar-refractivity contribution in [2.24, 2.45) is 0 Å². The zero-order chi connectivity index (χ0) is 24.2. The Bertz CT molecular complexity index is 1210. The molecule has 1 heterocycles. The molecule has 3 rings (SSSR count). The van der Waals surface area contributed by atoms with E-state index in [1.54, 1.807) is 30.9 Å². The van der Waals surface area contributed by atoms with Crippen molar-refractivity contribution in [1.29, 1.82) is 0 Å². The van der Waals surface area contributed by atoms with Gasteiger partial charge in [0.2, 0.25) is 10.0 Å². The van der Waals surface area contributed by atoms with Gasteiger partial charge in [-0.15, -0.1) is 0 Å². The Morgan fingerprint density at radius 2 is 1.70 bits per heavy atom. The highest BCUT2D eigenvalue weighted by Gasteiger charge is 2.24. The van der Waals surface area contributed by atoms with Crippen molar-refractivity contribution >= 4 is 58.5 Å². The number of carbonyl (C=O) groups excluding carboxylic acids is 1. The van der Waals surface area contributed by atoms with Gasteiger partial charge in [0, 0.05) is 29.7 Å². The summed E-state index contributed by atoms with van der Waals surface area (Å²) in [5.74, 6) is -0.196. The molecule has 0 radical (unpaired) electrons. The first-order valence-electron chi connectivity index (χ1n) is 10.8. The van der Waals surface area contributed by atoms with E-state index >= 15 is 0 Å². The molecule has 1 amide bonds. The fourth-order valence-electron chi connectivity index (χ4n) is 3.47. The third kappa shape index (κ3) is 5.99. The van der Waals surface area contributed by atoms with Crippen LogP contribution < -0.4 is 4.90 Å². The fraction of sp³-hybridized carbons (Fsp3) is 0.391. The molecule has 178 valence electrons. The van der Waals surface area contributed by atoms with Gasteiger partial charge in [-0.3, -0.25) is 9.69 Å². The molecule has 0 aliphatic carbocycles. The molecular weight excluding hydrogens is 524 g/mol. The molecule has 3 aromatic rings. The summed E-state index contributed by atoms with van der Waals surface area (Å²) >= 11 is 4.95. The first-order chi connectivity index (χ1) is 15.7. The summed E-state index contributed by atoms with van der Waals surface area (Å²) in [5, 5.41) is 0.631. The van der Waals surface area contributed by atoms with Gasteiger partial charge in [-0.25, -0.2) is 13.4 Å². The van der Waals surface area contributed by atoms with Crippen molar-refractivity contribution in [3.05, 3.63) is 52.5 Å². The SMILES string of the molecule is CCN(CC)S(=O)(=O)c1ccc(C(=O)N(CCCN(C)C)c2nc3ccc(Br)cc3s2)cc1. The lowest BCUT2D eigenvalue weighted by Gasteiger charge is -2.22. The summed E-state index contributed by atoms with van der Waals surface area (Å²) in [6.45, 7) is 5.75. The third-order valence-electron chi connectivity index (χ3n) is 5.25. The summed E-state index contributed by atoms with van der Waals surface area (Å²) < 4.78 is 28.9. The van der Waals surface area contributed by atoms with Crippen LogP contribution in [0.3, 0.4) is 0 Å². The number of amides is 1. The average molecular weight is 554 g/mol. The maximum Gasteiger partial charge on any atom is 0.260 e. The summed E-state index contributed by atoms with van der Waals surface area (Å²) in [6, 6.07) is 12.0. The number of benzene rings is 2. The smallest absolute Gasteiger partial charge is 0.260 e. The highest BCUT2D eigenvalue weighted by Crippen LogP contribution is 2.32. The Hall–Kier alpha value is -1.85. The zero-order valence-electron chi connectivity index (χ0n) is 19.3. The quantitative estimate of drug-likeness (QED) is 0.364. The van der Waals surface area contributed by atoms with Crippen molar-refractivity contribution in [2.75, 3.05) is 45.2 Å². The molecular formula is C23H29BrN4O3S2. The molecule has 0 atom stereocenters. The lowest BCUT2D eigenvalue weighted by atomic mass is 10.2. The van der Waals surface area contributed by atoms with Crippen molar-refractivity contribution in [2.45, 2.75) is 25.2 Å². The van der Waals surface area contributed by atoms with Crippen LogP contribution in [0.5, 0.6) is 0 Å². The van der Waals surface area contributed by atoms with E-state index in [-0.39, 0.29) is 10.8 Å². The number of aromatic nitrogens is 1. The van der Waals surface area contributed by atoms with Crippen LogP contribution in [0.15, 0.2) is 51.8 Å². The summed E-state index contributed by atoms with van der Waals surface area (Å²) in [4.78, 5) is 22.1. The lowest BCUT2D eigenvalue weighted by molar-refractivity contribution is 0.0986. The van der Waals surface area contributed by atoms with Gasteiger partial charge in [0.25, 0.3) is 5.91 Å². The number of halogens is 1. The minimum atomic E-state index is -3.57. The molecule has 0 aliphatic rings. The van der Waals surface area contributed by atoms with Gasteiger partial charge in [-0.05, 0) is 69.5 Å². The van der Waals surface area contributed by atoms with Gasteiger partial charge >= 0.3 is 0 Å². The second-order valence-corrected chi connectivity index (χ2v) is 11.7. The Morgan fingerprint density at radius 3 is 2.30 bits per heavy atom. The molecule has 0 fully saturated rings. The van der Waals surface area contributed by atoms with E-state index in [1.807, 2.05) is 32.3 Å². The zero-order valence-corrected chi connectivity index (χ0v) is 22.5. The predicted molar refractivity (Wildman–Crippen MR) is 139 cm³/mol. The van der Waals surface area contributed by atoms with Gasteiger partial charge in [-0.1, -0.05) is 41.1 Å². The van der Waals surface area contributed by atoms with Crippen LogP contribution in [0.1, 0.15) is 30.6 Å². The number of anilines is 1. The lowest BCUT2D eigenvalue weighted by Crippen LogP contribution is -2.33. The van der Waals surface area contributed by atoms with E-state index in [1.165, 1.54) is 27.8 Å². The molecule has 0 N–H and O–H groups in total. The number of sulfonamides is 1. The minimum absolute atomic E-state index is 0.187. The van der Waals surface area contributed by atoms with E-state index in [2.05, 4.69) is 25.8 Å². The van der Waals surface area contributed by atoms with Crippen molar-refractivity contribution < 1.29 is 13.2 Å². The van der Waals surface area contributed by atoms with E-state index in [0.29, 0.717) is 30.3 Å². The van der Waals surface area contributed by atoms with E-state index in [0.717, 1.165) is 27.7 Å². The van der Waals surface area contributed by atoms with Crippen LogP contribution in [0.4, 0.5) is 5.13 Å². The highest BCUT2D eigenvalue weighted by atomic mass is 79.9. The largest absolute Gasteiger partial charge is 0.309 e. The van der Waals surface area contributed by atoms with Gasteiger partial charge in [0.15, 0.2) is 5.13 Å². The standard InChI is InChI=1S/C23H29BrN4O3S2/c1-5-27(6-2)33(30,31)19-11-8-17(9-12-19)22(29)28(15-7-14-26(3)4)23-25-20-13-10-18(24)16-21(20)32-23/h8-13,16H,5-7,14-15H2,1-4H3. The molecule has 0 saturated heterocycles. The van der Waals surface area contributed by atoms with Crippen LogP contribution >= 0.6 is 27.3 Å². The number of rotatable bonds is 10. The van der Waals surface area contributed by atoms with E-state index in [4.69, 9.17) is 0 Å². The maximum atomic E-state index is 13.5. The van der Waals surface area contributed by atoms with Crippen LogP contribution in [0, 0.1) is 0 Å². The van der Waals surface area contributed by atoms with Gasteiger partial charge in [0.05, 0.1) is 15.1 Å². The molecule has 1 aromatic heterocycles. The maximum absolute atomic E-state index is 13.5. The molecule has 10 heteroatoms. The normalized spacial score (nSPS) is 12.1. The van der Waals surface area contributed by atoms with Gasteiger partial charge < -0.3 is 4.90 Å². The van der Waals surface area contributed by atoms with E-state index < -0.39 is 10.0 Å². The Morgan fingerprint density at radius 1 is 1.03 bits per heavy atom. The number of thiazole rings is 1. The van der Waals surface area contributed by atoms with Crippen LogP contribution in [-0.2, 0) is 10.0 Å². The van der Waals surface area contributed by atoms with Gasteiger partial charge in [-0.2, -0.15) is 4.31 Å². The van der Waals surface area contributed by atoms with Gasteiger partial charge in [0.1, 0.15) is 0 Å². The molecule has 0 bridgehead atoms. The Kier molecular flexibility index (Phi) is 8.63. The molecule has 2 aromatic carbocycles. The summed E-state index contributed by atoms with van der Waals surface area (Å²) in [6.07, 6.45) is 0.785. The van der Waals surface area contributed by atoms with Crippen LogP contribution in [0.2, 0.25) is 0 Å². The van der Waals surface area contributed by atoms with Crippen molar-refractivity contribution in [1.82, 2.24) is 14.2 Å². The number of fused-ring (bicyclic) bond motifs is 1. The minimum Gasteiger partial charge on any atom is -0.309 e. The third-order valence-corrected chi connectivity index (χ3v) is 8.85. The van der Waals surface area contributed by atoms with Crippen molar-refractivity contribution in [3.63, 3.8) is 0 Å². The molecule has 0 aliphatic heterocycles. The summed E-state index contributed by atoms with van der Waals surface area (Å²) in [7, 11) is 0.420. The molecule has 7 nitrogen and oxygen atoms in total. The highest BCUT2D eigenvalue weighted by molar-refractivity contribution is 9.10. The van der Waals surface area contributed by atoms with Crippen molar-refractivity contribution in [3.8, 4) is 0 Å². The number of nitrogens with zero attached hydrogens (tertiary/aromatic N) is 4. The fourth-order valence-corrected chi connectivity index (χ4v) is 6.47. The first-order valence-corrected chi connectivity index (χ1v) is 13.8. The number of hydrogen-bond acceptors (Lipinski definition) is 6. The molecule has 0 unspecified atom stereocenters. The number of hydrogen-bond donors (Lipinski definition) is 0. The molecule has 0 spiro atoms. The Balaban J connectivity index is 1.92. The first kappa shape index (κ1) is 25.8. The van der Waals surface area contributed by atoms with E-state index in [9.17, 15) is 13.2 Å². The second-order valence-electron chi connectivity index (χ2n) is 7.84. The monoisotopic (exact) mass is 552 g/mol. The average Bonchev–Trinajstić information content (AvgIpc) is 3.19. The van der Waals surface area contributed by atoms with Crippen LogP contribution in [0.25, 0.3) is 10.2 Å². The summed E-state index contributed by atoms with van der Waals surface area (Å²) in [5.41, 5.74) is 1.27. The predicted octanol–water partition coefficient (Wildman–Crippen LogP) is 4.69.